The van der Waals surface area contributed by atoms with Crippen LogP contribution in [-0.4, -0.2) is 23.4 Å². The van der Waals surface area contributed by atoms with Crippen LogP contribution in [0.15, 0.2) is 73.0 Å². The van der Waals surface area contributed by atoms with E-state index >= 15 is 0 Å². The van der Waals surface area contributed by atoms with Crippen molar-refractivity contribution in [2.75, 3.05) is 11.9 Å². The number of nitrogens with zero attached hydrogens (tertiary/aromatic N) is 1. The fourth-order valence-corrected chi connectivity index (χ4v) is 3.87. The minimum Gasteiger partial charge on any atom is -0.357 e. The largest absolute Gasteiger partial charge is 0.357 e. The van der Waals surface area contributed by atoms with Crippen LogP contribution in [0.1, 0.15) is 104 Å². The quantitative estimate of drug-likeness (QED) is 0.395. The highest BCUT2D eigenvalue weighted by Crippen LogP contribution is 2.29. The van der Waals surface area contributed by atoms with Crippen LogP contribution in [0, 0.1) is 6.92 Å². The van der Waals surface area contributed by atoms with Crippen molar-refractivity contribution < 1.29 is 4.79 Å². The highest BCUT2D eigenvalue weighted by Gasteiger charge is 2.33. The molecule has 1 heterocycles. The van der Waals surface area contributed by atoms with Gasteiger partial charge in [0.1, 0.15) is 0 Å². The Hall–Kier alpha value is -2.81. The number of amides is 1. The number of carbonyl (C=O) groups excluding carboxylic acids is 1. The second kappa shape index (κ2) is 20.3. The lowest BCUT2D eigenvalue weighted by Crippen LogP contribution is -2.40. The molecule has 3 nitrogen and oxygen atoms in total. The van der Waals surface area contributed by atoms with Crippen molar-refractivity contribution in [1.82, 2.24) is 4.90 Å². The molecule has 1 saturated heterocycles. The van der Waals surface area contributed by atoms with E-state index in [4.69, 9.17) is 0 Å². The topological polar surface area (TPSA) is 32.3 Å². The number of hydrogen-bond acceptors (Lipinski definition) is 2. The number of carbonyl (C=O) groups is 1. The Morgan fingerprint density at radius 3 is 2.08 bits per heavy atom. The number of benzene rings is 2. The number of anilines is 1. The van der Waals surface area contributed by atoms with Gasteiger partial charge in [0.25, 0.3) is 0 Å². The Morgan fingerprint density at radius 2 is 1.59 bits per heavy atom. The smallest absolute Gasteiger partial charge is 0.230 e. The third-order valence-corrected chi connectivity index (χ3v) is 5.94. The van der Waals surface area contributed by atoms with E-state index in [1.165, 1.54) is 24.0 Å². The maximum absolute atomic E-state index is 13.1. The van der Waals surface area contributed by atoms with Crippen LogP contribution >= 0.6 is 0 Å². The van der Waals surface area contributed by atoms with Gasteiger partial charge in [-0.25, -0.2) is 0 Å². The van der Waals surface area contributed by atoms with Gasteiger partial charge < -0.3 is 10.2 Å². The van der Waals surface area contributed by atoms with Crippen molar-refractivity contribution in [3.8, 4) is 0 Å². The molecule has 1 amide bonds. The molecule has 1 N–H and O–H groups in total. The summed E-state index contributed by atoms with van der Waals surface area (Å²) in [4.78, 5) is 15.1. The molecule has 206 valence electrons. The van der Waals surface area contributed by atoms with Crippen LogP contribution in [0.4, 0.5) is 5.69 Å². The molecule has 37 heavy (non-hydrogen) atoms. The summed E-state index contributed by atoms with van der Waals surface area (Å²) >= 11 is 0. The Labute approximate surface area is 229 Å². The summed E-state index contributed by atoms with van der Waals surface area (Å²) in [7, 11) is 0. The molecule has 0 saturated carbocycles. The summed E-state index contributed by atoms with van der Waals surface area (Å²) in [5.74, 6) is 0.0508. The second-order valence-electron chi connectivity index (χ2n) is 9.56. The Balaban J connectivity index is 0.00000112. The van der Waals surface area contributed by atoms with Gasteiger partial charge in [-0.3, -0.25) is 4.79 Å². The molecule has 1 fully saturated rings. The molecule has 2 atom stereocenters. The zero-order valence-corrected chi connectivity index (χ0v) is 25.2. The maximum atomic E-state index is 13.1. The second-order valence-corrected chi connectivity index (χ2v) is 9.56. The van der Waals surface area contributed by atoms with Gasteiger partial charge in [0.05, 0.1) is 12.0 Å². The number of allylic oxidation sites excluding steroid dienone is 2. The predicted octanol–water partition coefficient (Wildman–Crippen LogP) is 9.69. The predicted molar refractivity (Wildman–Crippen MR) is 165 cm³/mol. The molecule has 0 aliphatic carbocycles. The Bertz CT molecular complexity index is 911. The number of hydrogen-bond donors (Lipinski definition) is 1. The summed E-state index contributed by atoms with van der Waals surface area (Å²) in [5.41, 5.74) is 5.60. The van der Waals surface area contributed by atoms with Crippen LogP contribution in [0.5, 0.6) is 0 Å². The summed E-state index contributed by atoms with van der Waals surface area (Å²) < 4.78 is 0. The van der Waals surface area contributed by atoms with Gasteiger partial charge in [-0.2, -0.15) is 0 Å². The molecule has 0 radical (unpaired) electrons. The first-order valence-electron chi connectivity index (χ1n) is 14.2. The van der Waals surface area contributed by atoms with Crippen molar-refractivity contribution in [1.29, 1.82) is 0 Å². The number of rotatable bonds is 6. The van der Waals surface area contributed by atoms with Crippen LogP contribution < -0.4 is 5.32 Å². The SMILES string of the molecule is C/C=C/C.C=C(Nc1ccc(CC)cc1C)[C@@H]1CCCN1C(=O)[C@H](C)c1ccccc1.CCC.CCC. The molecule has 0 bridgehead atoms. The van der Waals surface area contributed by atoms with Crippen molar-refractivity contribution >= 4 is 11.6 Å². The van der Waals surface area contributed by atoms with Crippen molar-refractivity contribution in [3.63, 3.8) is 0 Å². The molecule has 0 spiro atoms. The van der Waals surface area contributed by atoms with Gasteiger partial charge in [0.15, 0.2) is 0 Å². The lowest BCUT2D eigenvalue weighted by atomic mass is 9.99. The van der Waals surface area contributed by atoms with Gasteiger partial charge in [0.2, 0.25) is 5.91 Å². The minimum absolute atomic E-state index is 0.0499. The van der Waals surface area contributed by atoms with E-state index in [1.807, 2.05) is 68.2 Å². The first-order chi connectivity index (χ1) is 17.7. The molecule has 3 heteroatoms. The van der Waals surface area contributed by atoms with E-state index < -0.39 is 0 Å². The van der Waals surface area contributed by atoms with E-state index in [0.717, 1.165) is 42.8 Å². The zero-order chi connectivity index (χ0) is 28.2. The molecule has 2 aromatic carbocycles. The van der Waals surface area contributed by atoms with Crippen LogP contribution in [0.3, 0.4) is 0 Å². The third kappa shape index (κ3) is 12.3. The van der Waals surface area contributed by atoms with Crippen LogP contribution in [-0.2, 0) is 11.2 Å². The van der Waals surface area contributed by atoms with Gasteiger partial charge in [0, 0.05) is 17.9 Å². The van der Waals surface area contributed by atoms with Crippen molar-refractivity contribution in [2.45, 2.75) is 106 Å². The maximum Gasteiger partial charge on any atom is 0.230 e. The van der Waals surface area contributed by atoms with Crippen LogP contribution in [0.25, 0.3) is 0 Å². The minimum atomic E-state index is -0.134. The highest BCUT2D eigenvalue weighted by molar-refractivity contribution is 5.84. The van der Waals surface area contributed by atoms with E-state index in [9.17, 15) is 4.79 Å². The molecule has 1 aliphatic heterocycles. The van der Waals surface area contributed by atoms with Gasteiger partial charge >= 0.3 is 0 Å². The molecule has 0 unspecified atom stereocenters. The molecular weight excluding hydrogens is 452 g/mol. The number of aryl methyl sites for hydroxylation is 2. The third-order valence-electron chi connectivity index (χ3n) is 5.94. The van der Waals surface area contributed by atoms with Gasteiger partial charge in [-0.1, -0.05) is 109 Å². The summed E-state index contributed by atoms with van der Waals surface area (Å²) in [6, 6.07) is 16.5. The van der Waals surface area contributed by atoms with Crippen LogP contribution in [0.2, 0.25) is 0 Å². The Kier molecular flexibility index (Phi) is 18.7. The summed E-state index contributed by atoms with van der Waals surface area (Å²) in [6.45, 7) is 23.9. The lowest BCUT2D eigenvalue weighted by Gasteiger charge is -2.30. The lowest BCUT2D eigenvalue weighted by molar-refractivity contribution is -0.132. The van der Waals surface area contributed by atoms with Gasteiger partial charge in [-0.05, 0) is 69.7 Å². The fourth-order valence-electron chi connectivity index (χ4n) is 3.87. The number of likely N-dealkylation sites (tertiary alicyclic amines) is 1. The fraction of sp³-hybridized carbons (Fsp3) is 0.500. The molecule has 2 aromatic rings. The molecule has 0 aromatic heterocycles. The average Bonchev–Trinajstić information content (AvgIpc) is 3.41. The average molecular weight is 507 g/mol. The molecule has 3 rings (SSSR count). The summed E-state index contributed by atoms with van der Waals surface area (Å²) in [6.07, 6.45) is 9.52. The molecule has 1 aliphatic rings. The first kappa shape index (κ1) is 34.2. The van der Waals surface area contributed by atoms with Gasteiger partial charge in [-0.15, -0.1) is 0 Å². The summed E-state index contributed by atoms with van der Waals surface area (Å²) in [5, 5.41) is 3.48. The van der Waals surface area contributed by atoms with E-state index in [2.05, 4.69) is 71.6 Å². The van der Waals surface area contributed by atoms with E-state index in [-0.39, 0.29) is 17.9 Å². The Morgan fingerprint density at radius 1 is 1.03 bits per heavy atom. The standard InChI is InChI=1S/C24H30N2O.C4H8.2C3H8/c1-5-20-13-14-22(17(2)16-20)25-19(4)23-12-9-15-26(23)24(27)18(3)21-10-7-6-8-11-21;1-3-4-2;2*1-3-2/h6-8,10-11,13-14,16,18,23,25H,4-5,9,12,15H2,1-3H3;3-4H,1-2H3;2*3H2,1-2H3/b;4-3+;;/t18-,23+;;;/m1.../s1. The normalized spacial score (nSPS) is 14.8. The monoisotopic (exact) mass is 506 g/mol. The first-order valence-corrected chi connectivity index (χ1v) is 14.2. The van der Waals surface area contributed by atoms with E-state index in [0.29, 0.717) is 0 Å². The number of nitrogens with one attached hydrogen (secondary N) is 1. The zero-order valence-electron chi connectivity index (χ0n) is 25.2. The molecular formula is C34H54N2O. The van der Waals surface area contributed by atoms with E-state index in [1.54, 1.807) is 0 Å². The van der Waals surface area contributed by atoms with Crippen molar-refractivity contribution in [2.24, 2.45) is 0 Å². The highest BCUT2D eigenvalue weighted by atomic mass is 16.2. The van der Waals surface area contributed by atoms with Crippen molar-refractivity contribution in [3.05, 3.63) is 89.6 Å².